The van der Waals surface area contributed by atoms with E-state index < -0.39 is 11.8 Å². The summed E-state index contributed by atoms with van der Waals surface area (Å²) in [5, 5.41) is 0. The van der Waals surface area contributed by atoms with Crippen LogP contribution in [0.25, 0.3) is 0 Å². The number of likely N-dealkylation sites (tertiary alicyclic amines) is 1. The van der Waals surface area contributed by atoms with Crippen molar-refractivity contribution in [2.24, 2.45) is 5.92 Å². The Morgan fingerprint density at radius 3 is 2.61 bits per heavy atom. The first-order valence-corrected chi connectivity index (χ1v) is 9.03. The van der Waals surface area contributed by atoms with Crippen LogP contribution >= 0.6 is 0 Å². The molecule has 2 saturated heterocycles. The Morgan fingerprint density at radius 2 is 1.87 bits per heavy atom. The number of alkyl halides is 2. The van der Waals surface area contributed by atoms with Crippen LogP contribution in [-0.2, 0) is 9.53 Å². The van der Waals surface area contributed by atoms with Gasteiger partial charge in [0.1, 0.15) is 0 Å². The van der Waals surface area contributed by atoms with E-state index in [4.69, 9.17) is 4.74 Å². The molecule has 23 heavy (non-hydrogen) atoms. The fourth-order valence-corrected chi connectivity index (χ4v) is 4.18. The van der Waals surface area contributed by atoms with Crippen molar-refractivity contribution in [1.29, 1.82) is 0 Å². The maximum atomic E-state index is 13.7. The number of hydrogen-bond donors (Lipinski definition) is 0. The molecule has 6 heteroatoms. The summed E-state index contributed by atoms with van der Waals surface area (Å²) in [4.78, 5) is 17.1. The molecular formula is C17H28F2N2O2. The van der Waals surface area contributed by atoms with Crippen molar-refractivity contribution >= 4 is 5.91 Å². The first-order chi connectivity index (χ1) is 11.1. The Morgan fingerprint density at radius 1 is 1.09 bits per heavy atom. The second-order valence-corrected chi connectivity index (χ2v) is 7.24. The number of hydrogen-bond acceptors (Lipinski definition) is 3. The Labute approximate surface area is 137 Å². The number of piperidine rings is 1. The number of ether oxygens (including phenoxy) is 1. The van der Waals surface area contributed by atoms with E-state index in [1.54, 1.807) is 0 Å². The van der Waals surface area contributed by atoms with Crippen LogP contribution in [0.15, 0.2) is 0 Å². The number of nitrogens with zero attached hydrogens (tertiary/aromatic N) is 2. The van der Waals surface area contributed by atoms with E-state index in [0.29, 0.717) is 12.8 Å². The summed E-state index contributed by atoms with van der Waals surface area (Å²) in [5.41, 5.74) is 0. The molecule has 2 aliphatic heterocycles. The molecule has 2 atom stereocenters. The highest BCUT2D eigenvalue weighted by Gasteiger charge is 2.42. The normalized spacial score (nSPS) is 32.7. The lowest BCUT2D eigenvalue weighted by molar-refractivity contribution is -0.147. The van der Waals surface area contributed by atoms with Gasteiger partial charge in [0, 0.05) is 51.0 Å². The van der Waals surface area contributed by atoms with Crippen LogP contribution in [0.4, 0.5) is 8.78 Å². The van der Waals surface area contributed by atoms with Gasteiger partial charge in [0.2, 0.25) is 11.8 Å². The highest BCUT2D eigenvalue weighted by molar-refractivity contribution is 5.79. The zero-order valence-corrected chi connectivity index (χ0v) is 13.8. The third kappa shape index (κ3) is 4.41. The van der Waals surface area contributed by atoms with Crippen molar-refractivity contribution in [1.82, 2.24) is 9.80 Å². The summed E-state index contributed by atoms with van der Waals surface area (Å²) >= 11 is 0. The average molecular weight is 330 g/mol. The lowest BCUT2D eigenvalue weighted by atomic mass is 9.84. The topological polar surface area (TPSA) is 32.8 Å². The first kappa shape index (κ1) is 17.1. The van der Waals surface area contributed by atoms with Gasteiger partial charge in [0.05, 0.1) is 13.2 Å². The standard InChI is InChI=1S/C17H28F2N2O2/c18-17(19)6-3-4-14(12-17)16(22)21-7-2-1-5-15(21)13-20-8-10-23-11-9-20/h14-15H,1-13H2. The fourth-order valence-electron chi connectivity index (χ4n) is 4.18. The maximum absolute atomic E-state index is 13.7. The molecule has 132 valence electrons. The van der Waals surface area contributed by atoms with Crippen LogP contribution in [0, 0.1) is 5.92 Å². The van der Waals surface area contributed by atoms with Gasteiger partial charge in [0.15, 0.2) is 0 Å². The van der Waals surface area contributed by atoms with E-state index in [0.717, 1.165) is 58.7 Å². The Kier molecular flexibility index (Phi) is 5.52. The zero-order valence-electron chi connectivity index (χ0n) is 13.8. The molecule has 2 unspecified atom stereocenters. The van der Waals surface area contributed by atoms with Crippen LogP contribution in [0.3, 0.4) is 0 Å². The van der Waals surface area contributed by atoms with Gasteiger partial charge in [0.25, 0.3) is 0 Å². The van der Waals surface area contributed by atoms with E-state index >= 15 is 0 Å². The molecule has 0 radical (unpaired) electrons. The van der Waals surface area contributed by atoms with Crippen LogP contribution in [0.5, 0.6) is 0 Å². The number of amides is 1. The van der Waals surface area contributed by atoms with E-state index in [1.165, 1.54) is 0 Å². The van der Waals surface area contributed by atoms with E-state index in [9.17, 15) is 13.6 Å². The molecule has 3 rings (SSSR count). The minimum absolute atomic E-state index is 0.0256. The minimum Gasteiger partial charge on any atom is -0.379 e. The van der Waals surface area contributed by atoms with Crippen LogP contribution in [-0.4, -0.2) is 67.1 Å². The summed E-state index contributed by atoms with van der Waals surface area (Å²) in [6, 6.07) is 0.185. The molecule has 0 aromatic rings. The van der Waals surface area contributed by atoms with Crippen LogP contribution < -0.4 is 0 Å². The summed E-state index contributed by atoms with van der Waals surface area (Å²) in [6.07, 6.45) is 3.88. The smallest absolute Gasteiger partial charge is 0.248 e. The Bertz CT molecular complexity index is 413. The van der Waals surface area contributed by atoms with Crippen molar-refractivity contribution in [3.63, 3.8) is 0 Å². The minimum atomic E-state index is -2.66. The summed E-state index contributed by atoms with van der Waals surface area (Å²) in [5.74, 6) is -3.17. The highest BCUT2D eigenvalue weighted by atomic mass is 19.3. The number of halogens is 2. The van der Waals surface area contributed by atoms with Gasteiger partial charge >= 0.3 is 0 Å². The highest BCUT2D eigenvalue weighted by Crippen LogP contribution is 2.38. The molecule has 1 aliphatic carbocycles. The van der Waals surface area contributed by atoms with Crippen molar-refractivity contribution in [3.05, 3.63) is 0 Å². The van der Waals surface area contributed by atoms with E-state index in [1.807, 2.05) is 4.90 Å². The molecule has 2 heterocycles. The second-order valence-electron chi connectivity index (χ2n) is 7.24. The molecule has 0 bridgehead atoms. The maximum Gasteiger partial charge on any atom is 0.248 e. The Hall–Kier alpha value is -0.750. The molecule has 0 aromatic carbocycles. The predicted octanol–water partition coefficient (Wildman–Crippen LogP) is 2.53. The van der Waals surface area contributed by atoms with Crippen LogP contribution in [0.1, 0.15) is 44.9 Å². The molecular weight excluding hydrogens is 302 g/mol. The largest absolute Gasteiger partial charge is 0.379 e. The average Bonchev–Trinajstić information content (AvgIpc) is 2.55. The van der Waals surface area contributed by atoms with Gasteiger partial charge in [-0.3, -0.25) is 9.69 Å². The third-order valence-corrected chi connectivity index (χ3v) is 5.47. The first-order valence-electron chi connectivity index (χ1n) is 9.03. The van der Waals surface area contributed by atoms with E-state index in [2.05, 4.69) is 4.90 Å². The van der Waals surface area contributed by atoms with E-state index in [-0.39, 0.29) is 24.8 Å². The quantitative estimate of drug-likeness (QED) is 0.797. The monoisotopic (exact) mass is 330 g/mol. The van der Waals surface area contributed by atoms with Gasteiger partial charge in [-0.2, -0.15) is 0 Å². The number of carbonyl (C=O) groups excluding carboxylic acids is 1. The molecule has 4 nitrogen and oxygen atoms in total. The van der Waals surface area contributed by atoms with Gasteiger partial charge in [-0.25, -0.2) is 8.78 Å². The molecule has 0 N–H and O–H groups in total. The lowest BCUT2D eigenvalue weighted by Gasteiger charge is -2.42. The third-order valence-electron chi connectivity index (χ3n) is 5.47. The van der Waals surface area contributed by atoms with Crippen LogP contribution in [0.2, 0.25) is 0 Å². The molecule has 3 fully saturated rings. The molecule has 1 saturated carbocycles. The van der Waals surface area contributed by atoms with Gasteiger partial charge in [-0.05, 0) is 32.1 Å². The predicted molar refractivity (Wildman–Crippen MR) is 83.5 cm³/mol. The van der Waals surface area contributed by atoms with Gasteiger partial charge < -0.3 is 9.64 Å². The molecule has 0 aromatic heterocycles. The summed E-state index contributed by atoms with van der Waals surface area (Å²) in [7, 11) is 0. The van der Waals surface area contributed by atoms with Gasteiger partial charge in [-0.1, -0.05) is 0 Å². The lowest BCUT2D eigenvalue weighted by Crippen LogP contribution is -2.53. The van der Waals surface area contributed by atoms with Crippen molar-refractivity contribution in [2.45, 2.75) is 56.9 Å². The zero-order chi connectivity index (χ0) is 16.3. The van der Waals surface area contributed by atoms with Crippen molar-refractivity contribution in [2.75, 3.05) is 39.4 Å². The fraction of sp³-hybridized carbons (Fsp3) is 0.941. The van der Waals surface area contributed by atoms with Gasteiger partial charge in [-0.15, -0.1) is 0 Å². The summed E-state index contributed by atoms with van der Waals surface area (Å²) < 4.78 is 32.7. The molecule has 1 amide bonds. The molecule has 0 spiro atoms. The molecule has 3 aliphatic rings. The number of rotatable bonds is 3. The Balaban J connectivity index is 1.61. The number of carbonyl (C=O) groups is 1. The van der Waals surface area contributed by atoms with Crippen molar-refractivity contribution < 1.29 is 18.3 Å². The second kappa shape index (κ2) is 7.43. The van der Waals surface area contributed by atoms with Crippen molar-refractivity contribution in [3.8, 4) is 0 Å². The summed E-state index contributed by atoms with van der Waals surface area (Å²) in [6.45, 7) is 4.89. The SMILES string of the molecule is O=C(C1CCCC(F)(F)C1)N1CCCCC1CN1CCOCC1. The number of morpholine rings is 1.